The molecule has 2 heterocycles. The van der Waals surface area contributed by atoms with E-state index in [-0.39, 0.29) is 5.91 Å². The Balaban J connectivity index is 1.67. The molecule has 1 aromatic rings. The molecular weight excluding hydrogens is 268 g/mol. The number of likely N-dealkylation sites (N-methyl/N-ethyl adjacent to an activating group) is 1. The van der Waals surface area contributed by atoms with Crippen molar-refractivity contribution in [1.82, 2.24) is 19.9 Å². The van der Waals surface area contributed by atoms with Crippen molar-refractivity contribution < 1.29 is 9.32 Å². The van der Waals surface area contributed by atoms with E-state index < -0.39 is 0 Å². The summed E-state index contributed by atoms with van der Waals surface area (Å²) in [6.45, 7) is 4.72. The Labute approximate surface area is 126 Å². The quantitative estimate of drug-likeness (QED) is 0.795. The van der Waals surface area contributed by atoms with Crippen molar-refractivity contribution in [3.63, 3.8) is 0 Å². The summed E-state index contributed by atoms with van der Waals surface area (Å²) in [7, 11) is 4.01. The molecule has 6 nitrogen and oxygen atoms in total. The Hall–Kier alpha value is -1.43. The minimum Gasteiger partial charge on any atom is -0.345 e. The normalized spacial score (nSPS) is 19.7. The number of amides is 1. The molecule has 1 fully saturated rings. The van der Waals surface area contributed by atoms with Crippen LogP contribution in [-0.4, -0.2) is 59.6 Å². The van der Waals surface area contributed by atoms with Gasteiger partial charge in [0.2, 0.25) is 11.8 Å². The molecule has 1 aliphatic heterocycles. The van der Waals surface area contributed by atoms with Crippen molar-refractivity contribution in [3.05, 3.63) is 11.7 Å². The molecule has 1 aliphatic rings. The van der Waals surface area contributed by atoms with E-state index in [9.17, 15) is 4.79 Å². The SMILES string of the molecule is Cc1nc(CCN(C)C(=O)CC[C@H]2CCCN(C)C2)no1. The Morgan fingerprint density at radius 2 is 2.33 bits per heavy atom. The molecule has 0 spiro atoms. The third kappa shape index (κ3) is 5.12. The minimum absolute atomic E-state index is 0.212. The van der Waals surface area contributed by atoms with Crippen LogP contribution in [0.2, 0.25) is 0 Å². The van der Waals surface area contributed by atoms with Gasteiger partial charge in [0.25, 0.3) is 0 Å². The fraction of sp³-hybridized carbons (Fsp3) is 0.800. The summed E-state index contributed by atoms with van der Waals surface area (Å²) in [5.41, 5.74) is 0. The number of aryl methyl sites for hydroxylation is 1. The van der Waals surface area contributed by atoms with Crippen LogP contribution in [0.3, 0.4) is 0 Å². The van der Waals surface area contributed by atoms with Crippen LogP contribution >= 0.6 is 0 Å². The highest BCUT2D eigenvalue weighted by Crippen LogP contribution is 2.20. The van der Waals surface area contributed by atoms with Crippen molar-refractivity contribution in [2.24, 2.45) is 5.92 Å². The minimum atomic E-state index is 0.212. The van der Waals surface area contributed by atoms with Crippen LogP contribution in [0.4, 0.5) is 0 Å². The van der Waals surface area contributed by atoms with Gasteiger partial charge in [-0.3, -0.25) is 4.79 Å². The van der Waals surface area contributed by atoms with Gasteiger partial charge in [0, 0.05) is 39.9 Å². The molecule has 0 radical (unpaired) electrons. The van der Waals surface area contributed by atoms with Crippen molar-refractivity contribution >= 4 is 5.91 Å². The average molecular weight is 294 g/mol. The largest absolute Gasteiger partial charge is 0.345 e. The molecule has 1 amide bonds. The van der Waals surface area contributed by atoms with Crippen molar-refractivity contribution in [2.45, 2.75) is 39.0 Å². The van der Waals surface area contributed by atoms with Crippen LogP contribution < -0.4 is 0 Å². The number of aromatic nitrogens is 2. The predicted molar refractivity (Wildman–Crippen MR) is 79.8 cm³/mol. The highest BCUT2D eigenvalue weighted by Gasteiger charge is 2.19. The lowest BCUT2D eigenvalue weighted by Crippen LogP contribution is -2.34. The number of piperidine rings is 1. The van der Waals surface area contributed by atoms with E-state index in [2.05, 4.69) is 22.1 Å². The van der Waals surface area contributed by atoms with E-state index in [1.807, 2.05) is 7.05 Å². The molecule has 118 valence electrons. The average Bonchev–Trinajstić information content (AvgIpc) is 2.88. The third-order valence-corrected chi connectivity index (χ3v) is 4.15. The van der Waals surface area contributed by atoms with Gasteiger partial charge in [-0.1, -0.05) is 5.16 Å². The van der Waals surface area contributed by atoms with Crippen molar-refractivity contribution in [2.75, 3.05) is 33.7 Å². The first-order valence-electron chi connectivity index (χ1n) is 7.76. The topological polar surface area (TPSA) is 62.5 Å². The molecule has 21 heavy (non-hydrogen) atoms. The van der Waals surface area contributed by atoms with E-state index in [1.54, 1.807) is 11.8 Å². The van der Waals surface area contributed by atoms with E-state index in [0.29, 0.717) is 37.0 Å². The molecule has 2 rings (SSSR count). The molecule has 0 N–H and O–H groups in total. The second kappa shape index (κ2) is 7.54. The number of hydrogen-bond donors (Lipinski definition) is 0. The molecule has 0 unspecified atom stereocenters. The third-order valence-electron chi connectivity index (χ3n) is 4.15. The zero-order valence-corrected chi connectivity index (χ0v) is 13.3. The Bertz CT molecular complexity index is 460. The van der Waals surface area contributed by atoms with E-state index in [4.69, 9.17) is 4.52 Å². The monoisotopic (exact) mass is 294 g/mol. The van der Waals surface area contributed by atoms with Gasteiger partial charge in [-0.25, -0.2) is 0 Å². The van der Waals surface area contributed by atoms with Crippen LogP contribution in [0, 0.1) is 12.8 Å². The van der Waals surface area contributed by atoms with Crippen molar-refractivity contribution in [3.8, 4) is 0 Å². The van der Waals surface area contributed by atoms with Gasteiger partial charge in [-0.15, -0.1) is 0 Å². The van der Waals surface area contributed by atoms with Gasteiger partial charge in [0.05, 0.1) is 0 Å². The molecule has 1 aromatic heterocycles. The summed E-state index contributed by atoms with van der Waals surface area (Å²) in [4.78, 5) is 20.4. The van der Waals surface area contributed by atoms with Crippen molar-refractivity contribution in [1.29, 1.82) is 0 Å². The number of likely N-dealkylation sites (tertiary alicyclic amines) is 1. The van der Waals surface area contributed by atoms with Crippen LogP contribution in [0.15, 0.2) is 4.52 Å². The highest BCUT2D eigenvalue weighted by molar-refractivity contribution is 5.75. The molecule has 1 saturated heterocycles. The summed E-state index contributed by atoms with van der Waals surface area (Å²) in [6.07, 6.45) is 4.78. The first kappa shape index (κ1) is 15.9. The van der Waals surface area contributed by atoms with E-state index >= 15 is 0 Å². The standard InChI is InChI=1S/C15H26N4O2/c1-12-16-14(17-21-12)8-10-19(3)15(20)7-6-13-5-4-9-18(2)11-13/h13H,4-11H2,1-3H3/t13-/m1/s1. The summed E-state index contributed by atoms with van der Waals surface area (Å²) in [5.74, 6) is 2.12. The maximum absolute atomic E-state index is 12.1. The second-order valence-electron chi connectivity index (χ2n) is 6.10. The number of carbonyl (C=O) groups excluding carboxylic acids is 1. The van der Waals surface area contributed by atoms with Gasteiger partial charge in [0.1, 0.15) is 0 Å². The smallest absolute Gasteiger partial charge is 0.223 e. The number of carbonyl (C=O) groups is 1. The van der Waals surface area contributed by atoms with Crippen LogP contribution in [-0.2, 0) is 11.2 Å². The van der Waals surface area contributed by atoms with E-state index in [0.717, 1.165) is 13.0 Å². The fourth-order valence-corrected chi connectivity index (χ4v) is 2.86. The zero-order chi connectivity index (χ0) is 15.2. The summed E-state index contributed by atoms with van der Waals surface area (Å²) in [6, 6.07) is 0. The van der Waals surface area contributed by atoms with Gasteiger partial charge in [-0.2, -0.15) is 4.98 Å². The molecule has 1 atom stereocenters. The summed E-state index contributed by atoms with van der Waals surface area (Å²) in [5, 5.41) is 3.85. The van der Waals surface area contributed by atoms with Gasteiger partial charge in [0.15, 0.2) is 5.82 Å². The van der Waals surface area contributed by atoms with Gasteiger partial charge >= 0.3 is 0 Å². The molecule has 0 aliphatic carbocycles. The molecule has 0 aromatic carbocycles. The fourth-order valence-electron chi connectivity index (χ4n) is 2.86. The van der Waals surface area contributed by atoms with Gasteiger partial charge in [-0.05, 0) is 38.8 Å². The second-order valence-corrected chi connectivity index (χ2v) is 6.10. The summed E-state index contributed by atoms with van der Waals surface area (Å²) >= 11 is 0. The number of hydrogen-bond acceptors (Lipinski definition) is 5. The first-order valence-corrected chi connectivity index (χ1v) is 7.76. The zero-order valence-electron chi connectivity index (χ0n) is 13.3. The molecule has 6 heteroatoms. The maximum atomic E-state index is 12.1. The Morgan fingerprint density at radius 3 is 3.00 bits per heavy atom. The Kier molecular flexibility index (Phi) is 5.73. The van der Waals surface area contributed by atoms with E-state index in [1.165, 1.54) is 19.4 Å². The lowest BCUT2D eigenvalue weighted by Gasteiger charge is -2.29. The van der Waals surface area contributed by atoms with Crippen LogP contribution in [0.5, 0.6) is 0 Å². The first-order chi connectivity index (χ1) is 10.0. The molecule has 0 saturated carbocycles. The maximum Gasteiger partial charge on any atom is 0.223 e. The highest BCUT2D eigenvalue weighted by atomic mass is 16.5. The van der Waals surface area contributed by atoms with Crippen LogP contribution in [0.1, 0.15) is 37.4 Å². The summed E-state index contributed by atoms with van der Waals surface area (Å²) < 4.78 is 4.92. The van der Waals surface area contributed by atoms with Gasteiger partial charge < -0.3 is 14.3 Å². The number of rotatable bonds is 6. The lowest BCUT2D eigenvalue weighted by molar-refractivity contribution is -0.130. The number of nitrogens with zero attached hydrogens (tertiary/aromatic N) is 4. The molecule has 0 bridgehead atoms. The van der Waals surface area contributed by atoms with Crippen LogP contribution in [0.25, 0.3) is 0 Å². The lowest BCUT2D eigenvalue weighted by atomic mass is 9.93. The predicted octanol–water partition coefficient (Wildman–Crippen LogP) is 1.50. The Morgan fingerprint density at radius 1 is 1.52 bits per heavy atom. The molecular formula is C15H26N4O2.